The molecule has 2 aromatic carbocycles. The number of amides is 1. The number of hydrogen-bond acceptors (Lipinski definition) is 4. The molecule has 0 aliphatic carbocycles. The van der Waals surface area contributed by atoms with Crippen molar-refractivity contribution in [3.63, 3.8) is 0 Å². The molecule has 168 valence electrons. The van der Waals surface area contributed by atoms with Crippen LogP contribution in [-0.4, -0.2) is 31.0 Å². The standard InChI is InChI=1S/C25H27Cl2N3O2/c1-16-14-22(30-12-5-4-6-13-30)18-8-7-9-23(25(18)28-16)32-15-19-20(26)10-11-21(24(19)27)29(3)17(2)31/h7-11,14H,4-6,12-13,15H2,1-3H3. The summed E-state index contributed by atoms with van der Waals surface area (Å²) in [7, 11) is 1.68. The first-order valence-electron chi connectivity index (χ1n) is 10.9. The van der Waals surface area contributed by atoms with E-state index in [9.17, 15) is 4.79 Å². The van der Waals surface area contributed by atoms with E-state index in [1.165, 1.54) is 36.8 Å². The number of benzene rings is 2. The molecular weight excluding hydrogens is 445 g/mol. The smallest absolute Gasteiger partial charge is 0.223 e. The highest BCUT2D eigenvalue weighted by molar-refractivity contribution is 6.38. The second-order valence-electron chi connectivity index (χ2n) is 8.21. The third-order valence-electron chi connectivity index (χ3n) is 5.98. The molecule has 5 nitrogen and oxygen atoms in total. The topological polar surface area (TPSA) is 45.7 Å². The molecule has 0 unspecified atom stereocenters. The summed E-state index contributed by atoms with van der Waals surface area (Å²) in [6.45, 7) is 5.80. The minimum absolute atomic E-state index is 0.111. The highest BCUT2D eigenvalue weighted by atomic mass is 35.5. The van der Waals surface area contributed by atoms with Crippen LogP contribution in [-0.2, 0) is 11.4 Å². The van der Waals surface area contributed by atoms with Crippen LogP contribution in [0, 0.1) is 6.92 Å². The molecule has 1 aliphatic rings. The Balaban J connectivity index is 1.68. The van der Waals surface area contributed by atoms with Gasteiger partial charge in [0.2, 0.25) is 5.91 Å². The van der Waals surface area contributed by atoms with E-state index in [-0.39, 0.29) is 12.5 Å². The molecular formula is C25H27Cl2N3O2. The number of ether oxygens (including phenoxy) is 1. The number of hydrogen-bond donors (Lipinski definition) is 0. The average Bonchev–Trinajstić information content (AvgIpc) is 2.78. The maximum atomic E-state index is 11.8. The van der Waals surface area contributed by atoms with Crippen LogP contribution in [0.25, 0.3) is 10.9 Å². The summed E-state index contributed by atoms with van der Waals surface area (Å²) in [4.78, 5) is 20.5. The fourth-order valence-corrected chi connectivity index (χ4v) is 4.74. The SMILES string of the molecule is CC(=O)N(C)c1ccc(Cl)c(COc2cccc3c(N4CCCCC4)cc(C)nc23)c1Cl. The Bertz CT molecular complexity index is 1160. The second-order valence-corrected chi connectivity index (χ2v) is 8.99. The largest absolute Gasteiger partial charge is 0.487 e. The quantitative estimate of drug-likeness (QED) is 0.431. The molecule has 1 fully saturated rings. The third kappa shape index (κ3) is 4.50. The molecule has 0 saturated carbocycles. The van der Waals surface area contributed by atoms with Crippen LogP contribution in [0.1, 0.15) is 37.4 Å². The fourth-order valence-electron chi connectivity index (χ4n) is 4.14. The minimum Gasteiger partial charge on any atom is -0.487 e. The summed E-state index contributed by atoms with van der Waals surface area (Å²) in [5.41, 5.74) is 4.23. The summed E-state index contributed by atoms with van der Waals surface area (Å²) in [5, 5.41) is 1.99. The van der Waals surface area contributed by atoms with Crippen LogP contribution >= 0.6 is 23.2 Å². The highest BCUT2D eigenvalue weighted by Gasteiger charge is 2.19. The Hall–Kier alpha value is -2.50. The number of para-hydroxylation sites is 1. The van der Waals surface area contributed by atoms with Gasteiger partial charge < -0.3 is 14.5 Å². The van der Waals surface area contributed by atoms with Gasteiger partial charge in [-0.15, -0.1) is 0 Å². The molecule has 1 amide bonds. The summed E-state index contributed by atoms with van der Waals surface area (Å²) in [5.74, 6) is 0.571. The number of piperidine rings is 1. The number of fused-ring (bicyclic) bond motifs is 1. The van der Waals surface area contributed by atoms with E-state index in [1.54, 1.807) is 19.2 Å². The Morgan fingerprint density at radius 1 is 1.16 bits per heavy atom. The molecule has 0 bridgehead atoms. The molecule has 0 spiro atoms. The zero-order valence-corrected chi connectivity index (χ0v) is 20.1. The summed E-state index contributed by atoms with van der Waals surface area (Å²) >= 11 is 13.0. The Labute approximate surface area is 198 Å². The Morgan fingerprint density at radius 2 is 1.91 bits per heavy atom. The van der Waals surface area contributed by atoms with E-state index in [0.717, 1.165) is 29.7 Å². The zero-order chi connectivity index (χ0) is 22.8. The first-order valence-corrected chi connectivity index (χ1v) is 11.6. The maximum Gasteiger partial charge on any atom is 0.223 e. The van der Waals surface area contributed by atoms with Crippen molar-refractivity contribution >= 4 is 51.4 Å². The number of carbonyl (C=O) groups is 1. The zero-order valence-electron chi connectivity index (χ0n) is 18.6. The summed E-state index contributed by atoms with van der Waals surface area (Å²) in [6, 6.07) is 11.6. The molecule has 2 heterocycles. The average molecular weight is 472 g/mol. The monoisotopic (exact) mass is 471 g/mol. The van der Waals surface area contributed by atoms with Gasteiger partial charge in [0.05, 0.1) is 10.7 Å². The maximum absolute atomic E-state index is 11.8. The Morgan fingerprint density at radius 3 is 2.62 bits per heavy atom. The van der Waals surface area contributed by atoms with E-state index in [2.05, 4.69) is 17.0 Å². The van der Waals surface area contributed by atoms with Crippen molar-refractivity contribution in [3.05, 3.63) is 57.7 Å². The second kappa shape index (κ2) is 9.55. The highest BCUT2D eigenvalue weighted by Crippen LogP contribution is 2.37. The van der Waals surface area contributed by atoms with Crippen LogP contribution in [0.4, 0.5) is 11.4 Å². The lowest BCUT2D eigenvalue weighted by atomic mass is 10.1. The number of carbonyl (C=O) groups excluding carboxylic acids is 1. The van der Waals surface area contributed by atoms with Crippen LogP contribution in [0.5, 0.6) is 5.75 Å². The van der Waals surface area contributed by atoms with Crippen molar-refractivity contribution in [1.82, 2.24) is 4.98 Å². The molecule has 1 aromatic heterocycles. The molecule has 1 saturated heterocycles. The van der Waals surface area contributed by atoms with E-state index in [0.29, 0.717) is 27.0 Å². The van der Waals surface area contributed by atoms with Crippen molar-refractivity contribution in [2.45, 2.75) is 39.7 Å². The van der Waals surface area contributed by atoms with Gasteiger partial charge in [0.1, 0.15) is 17.9 Å². The number of pyridine rings is 1. The normalized spacial score (nSPS) is 14.0. The number of rotatable bonds is 5. The van der Waals surface area contributed by atoms with Gasteiger partial charge in [-0.2, -0.15) is 0 Å². The van der Waals surface area contributed by atoms with Gasteiger partial charge in [0.15, 0.2) is 0 Å². The number of nitrogens with zero attached hydrogens (tertiary/aromatic N) is 3. The molecule has 0 radical (unpaired) electrons. The predicted octanol–water partition coefficient (Wildman–Crippen LogP) is 6.40. The first-order chi connectivity index (χ1) is 15.4. The van der Waals surface area contributed by atoms with Gasteiger partial charge in [-0.05, 0) is 50.5 Å². The van der Waals surface area contributed by atoms with Crippen molar-refractivity contribution in [1.29, 1.82) is 0 Å². The molecule has 7 heteroatoms. The molecule has 32 heavy (non-hydrogen) atoms. The van der Waals surface area contributed by atoms with Crippen LogP contribution < -0.4 is 14.5 Å². The van der Waals surface area contributed by atoms with Crippen molar-refractivity contribution in [3.8, 4) is 5.75 Å². The van der Waals surface area contributed by atoms with Gasteiger partial charge in [-0.25, -0.2) is 4.98 Å². The van der Waals surface area contributed by atoms with Gasteiger partial charge in [-0.3, -0.25) is 4.79 Å². The minimum atomic E-state index is -0.111. The van der Waals surface area contributed by atoms with E-state index in [4.69, 9.17) is 32.9 Å². The van der Waals surface area contributed by atoms with Crippen molar-refractivity contribution in [2.24, 2.45) is 0 Å². The fraction of sp³-hybridized carbons (Fsp3) is 0.360. The molecule has 4 rings (SSSR count). The van der Waals surface area contributed by atoms with E-state index in [1.807, 2.05) is 19.1 Å². The first kappa shape index (κ1) is 22.7. The van der Waals surface area contributed by atoms with E-state index >= 15 is 0 Å². The van der Waals surface area contributed by atoms with Crippen molar-refractivity contribution in [2.75, 3.05) is 29.9 Å². The predicted molar refractivity (Wildman–Crippen MR) is 132 cm³/mol. The summed E-state index contributed by atoms with van der Waals surface area (Å²) in [6.07, 6.45) is 3.70. The number of anilines is 2. The molecule has 1 aliphatic heterocycles. The third-order valence-corrected chi connectivity index (χ3v) is 6.75. The van der Waals surface area contributed by atoms with Crippen LogP contribution in [0.3, 0.4) is 0 Å². The van der Waals surface area contributed by atoms with Crippen LogP contribution in [0.15, 0.2) is 36.4 Å². The number of aromatic nitrogens is 1. The molecule has 3 aromatic rings. The van der Waals surface area contributed by atoms with Gasteiger partial charge in [-0.1, -0.05) is 35.3 Å². The van der Waals surface area contributed by atoms with Crippen LogP contribution in [0.2, 0.25) is 10.0 Å². The summed E-state index contributed by atoms with van der Waals surface area (Å²) < 4.78 is 6.21. The number of halogens is 2. The lowest BCUT2D eigenvalue weighted by molar-refractivity contribution is -0.116. The lowest BCUT2D eigenvalue weighted by Gasteiger charge is -2.30. The van der Waals surface area contributed by atoms with Gasteiger partial charge >= 0.3 is 0 Å². The number of aryl methyl sites for hydroxylation is 1. The lowest BCUT2D eigenvalue weighted by Crippen LogP contribution is -2.29. The Kier molecular flexibility index (Phi) is 6.77. The van der Waals surface area contributed by atoms with Crippen molar-refractivity contribution < 1.29 is 9.53 Å². The van der Waals surface area contributed by atoms with Gasteiger partial charge in [0.25, 0.3) is 0 Å². The molecule has 0 N–H and O–H groups in total. The molecule has 0 atom stereocenters. The van der Waals surface area contributed by atoms with Gasteiger partial charge in [0, 0.05) is 54.4 Å². The van der Waals surface area contributed by atoms with E-state index < -0.39 is 0 Å².